The number of benzene rings is 2. The van der Waals surface area contributed by atoms with Crippen molar-refractivity contribution in [2.45, 2.75) is 20.3 Å². The number of halogens is 1. The van der Waals surface area contributed by atoms with Gasteiger partial charge in [-0.1, -0.05) is 18.2 Å². The maximum Gasteiger partial charge on any atom is 0.271 e. The zero-order valence-corrected chi connectivity index (χ0v) is 17.4. The lowest BCUT2D eigenvalue weighted by Gasteiger charge is -2.23. The number of anilines is 1. The second-order valence-electron chi connectivity index (χ2n) is 6.38. The molecule has 156 valence electrons. The minimum Gasteiger partial charge on any atom is -0.371 e. The van der Waals surface area contributed by atoms with E-state index in [1.807, 2.05) is 30.9 Å². The fourth-order valence-corrected chi connectivity index (χ4v) is 2.90. The molecule has 0 aliphatic carbocycles. The number of Topliss-reactive ketones (excluding diaryl/α,β-unsaturated/α-hetero) is 1. The van der Waals surface area contributed by atoms with Gasteiger partial charge in [0.05, 0.1) is 15.6 Å². The molecule has 0 bridgehead atoms. The lowest BCUT2D eigenvalue weighted by atomic mass is 10.1. The molecule has 9 heteroatoms. The summed E-state index contributed by atoms with van der Waals surface area (Å²) in [6.45, 7) is 8.22. The van der Waals surface area contributed by atoms with E-state index < -0.39 is 16.5 Å². The topological polar surface area (TPSA) is 105 Å². The normalized spacial score (nSPS) is 10.8. The zero-order chi connectivity index (χ0) is 22.3. The number of nitro groups is 1. The Balaban J connectivity index is 2.15. The van der Waals surface area contributed by atoms with Crippen molar-refractivity contribution in [2.24, 2.45) is 10.2 Å². The molecule has 0 aliphatic heterocycles. The minimum atomic E-state index is -0.581. The van der Waals surface area contributed by atoms with Crippen molar-refractivity contribution >= 4 is 45.9 Å². The number of hydrogen-bond donors (Lipinski definition) is 0. The molecule has 0 N–H and O–H groups in total. The van der Waals surface area contributed by atoms with Crippen molar-refractivity contribution in [2.75, 3.05) is 18.0 Å². The Morgan fingerprint density at radius 3 is 2.43 bits per heavy atom. The maximum atomic E-state index is 11.7. The number of aryl methyl sites for hydroxylation is 1. The molecule has 0 radical (unpaired) electrons. The largest absolute Gasteiger partial charge is 0.371 e. The highest BCUT2D eigenvalue weighted by Crippen LogP contribution is 2.32. The Labute approximate surface area is 179 Å². The molecule has 2 aromatic carbocycles. The Morgan fingerprint density at radius 1 is 1.20 bits per heavy atom. The van der Waals surface area contributed by atoms with Gasteiger partial charge < -0.3 is 4.90 Å². The van der Waals surface area contributed by atoms with E-state index in [0.717, 1.165) is 17.3 Å². The average molecular weight is 429 g/mol. The summed E-state index contributed by atoms with van der Waals surface area (Å²) >= 11 is 6.04. The number of non-ortho nitro benzene ring substituents is 1. The van der Waals surface area contributed by atoms with Crippen LogP contribution in [0.25, 0.3) is 0 Å². The molecule has 0 spiro atoms. The molecule has 0 aromatic heterocycles. The van der Waals surface area contributed by atoms with Gasteiger partial charge in [-0.2, -0.15) is 5.11 Å². The van der Waals surface area contributed by atoms with Crippen LogP contribution in [0.5, 0.6) is 0 Å². The molecule has 0 unspecified atom stereocenters. The van der Waals surface area contributed by atoms with E-state index in [2.05, 4.69) is 16.8 Å². The minimum absolute atomic E-state index is 0.109. The number of azo groups is 1. The monoisotopic (exact) mass is 428 g/mol. The van der Waals surface area contributed by atoms with Crippen molar-refractivity contribution in [1.29, 1.82) is 0 Å². The summed E-state index contributed by atoms with van der Waals surface area (Å²) < 4.78 is 0. The Kier molecular flexibility index (Phi) is 7.94. The lowest BCUT2D eigenvalue weighted by molar-refractivity contribution is -0.384. The fourth-order valence-electron chi connectivity index (χ4n) is 2.69. The van der Waals surface area contributed by atoms with Gasteiger partial charge in [0.2, 0.25) is 11.6 Å². The standard InChI is InChI=1S/C21H21ClN4O4/c1-4-20(27)21(28)10-11-25(5-2)15-6-8-18(14(3)12-15)23-24-19-9-7-16(26(29)30)13-17(19)22/h4,6-9,12-13H,1,5,10-11H2,2-3H3. The summed E-state index contributed by atoms with van der Waals surface area (Å²) in [4.78, 5) is 35.3. The third kappa shape index (κ3) is 5.81. The number of rotatable bonds is 10. The van der Waals surface area contributed by atoms with Gasteiger partial charge in [-0.15, -0.1) is 5.11 Å². The van der Waals surface area contributed by atoms with Crippen molar-refractivity contribution in [3.63, 3.8) is 0 Å². The van der Waals surface area contributed by atoms with Crippen LogP contribution in [0, 0.1) is 17.0 Å². The van der Waals surface area contributed by atoms with Crippen LogP contribution in [0.3, 0.4) is 0 Å². The highest BCUT2D eigenvalue weighted by molar-refractivity contribution is 6.41. The van der Waals surface area contributed by atoms with E-state index in [4.69, 9.17) is 11.6 Å². The van der Waals surface area contributed by atoms with Crippen molar-refractivity contribution in [1.82, 2.24) is 0 Å². The third-order valence-electron chi connectivity index (χ3n) is 4.40. The summed E-state index contributed by atoms with van der Waals surface area (Å²) in [5, 5.41) is 19.2. The number of carbonyl (C=O) groups is 2. The summed E-state index contributed by atoms with van der Waals surface area (Å²) in [7, 11) is 0. The highest BCUT2D eigenvalue weighted by Gasteiger charge is 2.13. The molecule has 8 nitrogen and oxygen atoms in total. The van der Waals surface area contributed by atoms with Crippen LogP contribution in [0.1, 0.15) is 18.9 Å². The summed E-state index contributed by atoms with van der Waals surface area (Å²) in [6, 6.07) is 9.52. The van der Waals surface area contributed by atoms with E-state index in [1.54, 1.807) is 6.07 Å². The first kappa shape index (κ1) is 22.9. The van der Waals surface area contributed by atoms with E-state index in [0.29, 0.717) is 24.5 Å². The van der Waals surface area contributed by atoms with Crippen LogP contribution in [0.4, 0.5) is 22.7 Å². The van der Waals surface area contributed by atoms with E-state index in [1.165, 1.54) is 18.2 Å². The number of ketones is 2. The molecule has 0 atom stereocenters. The first-order valence-electron chi connectivity index (χ1n) is 9.17. The molecule has 0 heterocycles. The van der Waals surface area contributed by atoms with Crippen LogP contribution >= 0.6 is 11.6 Å². The molecular weight excluding hydrogens is 408 g/mol. The fraction of sp³-hybridized carbons (Fsp3) is 0.238. The molecule has 30 heavy (non-hydrogen) atoms. The van der Waals surface area contributed by atoms with Gasteiger partial charge in [0.1, 0.15) is 5.69 Å². The molecule has 0 amide bonds. The molecule has 2 aromatic rings. The predicted octanol–water partition coefficient (Wildman–Crippen LogP) is 5.51. The number of carbonyl (C=O) groups excluding carboxylic acids is 2. The van der Waals surface area contributed by atoms with Crippen LogP contribution in [0.15, 0.2) is 59.3 Å². The summed E-state index contributed by atoms with van der Waals surface area (Å²) in [5.41, 5.74) is 2.56. The van der Waals surface area contributed by atoms with Crippen molar-refractivity contribution < 1.29 is 14.5 Å². The molecule has 0 saturated carbocycles. The average Bonchev–Trinajstić information content (AvgIpc) is 2.73. The third-order valence-corrected chi connectivity index (χ3v) is 4.71. The molecule has 0 aliphatic rings. The van der Waals surface area contributed by atoms with Crippen molar-refractivity contribution in [3.8, 4) is 0 Å². The molecule has 0 fully saturated rings. The zero-order valence-electron chi connectivity index (χ0n) is 16.7. The second-order valence-corrected chi connectivity index (χ2v) is 6.79. The predicted molar refractivity (Wildman–Crippen MR) is 116 cm³/mol. The Bertz CT molecular complexity index is 1020. The lowest BCUT2D eigenvalue weighted by Crippen LogP contribution is -2.27. The van der Waals surface area contributed by atoms with Crippen LogP contribution < -0.4 is 4.90 Å². The van der Waals surface area contributed by atoms with Crippen LogP contribution in [-0.2, 0) is 9.59 Å². The molecule has 0 saturated heterocycles. The smallest absolute Gasteiger partial charge is 0.271 e. The van der Waals surface area contributed by atoms with Crippen LogP contribution in [0.2, 0.25) is 5.02 Å². The SMILES string of the molecule is C=CC(=O)C(=O)CCN(CC)c1ccc(N=Nc2ccc([N+](=O)[O-])cc2Cl)c(C)c1. The number of nitrogens with zero attached hydrogens (tertiary/aromatic N) is 4. The molecule has 2 rings (SSSR count). The van der Waals surface area contributed by atoms with Gasteiger partial charge in [-0.05, 0) is 49.8 Å². The van der Waals surface area contributed by atoms with Gasteiger partial charge in [0.25, 0.3) is 5.69 Å². The van der Waals surface area contributed by atoms with Crippen LogP contribution in [-0.4, -0.2) is 29.6 Å². The number of nitro benzene ring substituents is 1. The first-order chi connectivity index (χ1) is 14.3. The Morgan fingerprint density at radius 2 is 1.87 bits per heavy atom. The highest BCUT2D eigenvalue weighted by atomic mass is 35.5. The quantitative estimate of drug-likeness (QED) is 0.163. The summed E-state index contributed by atoms with van der Waals surface area (Å²) in [6.07, 6.45) is 1.14. The Hall–Kier alpha value is -3.39. The van der Waals surface area contributed by atoms with Gasteiger partial charge >= 0.3 is 0 Å². The van der Waals surface area contributed by atoms with E-state index >= 15 is 0 Å². The van der Waals surface area contributed by atoms with E-state index in [9.17, 15) is 19.7 Å². The van der Waals surface area contributed by atoms with Gasteiger partial charge in [0.15, 0.2) is 0 Å². The van der Waals surface area contributed by atoms with Crippen molar-refractivity contribution in [3.05, 3.63) is 69.8 Å². The maximum absolute atomic E-state index is 11.7. The molecular formula is C21H21ClN4O4. The first-order valence-corrected chi connectivity index (χ1v) is 9.55. The second kappa shape index (κ2) is 10.4. The van der Waals surface area contributed by atoms with Gasteiger partial charge in [-0.25, -0.2) is 0 Å². The van der Waals surface area contributed by atoms with Gasteiger partial charge in [-0.3, -0.25) is 19.7 Å². The van der Waals surface area contributed by atoms with Gasteiger partial charge in [0, 0.05) is 37.3 Å². The van der Waals surface area contributed by atoms with E-state index in [-0.39, 0.29) is 17.1 Å². The number of hydrogen-bond acceptors (Lipinski definition) is 7. The number of allylic oxidation sites excluding steroid dienone is 1. The summed E-state index contributed by atoms with van der Waals surface area (Å²) in [5.74, 6) is -1.05.